The van der Waals surface area contributed by atoms with E-state index in [-0.39, 0.29) is 11.6 Å². The molecule has 4 aromatic rings. The molecule has 0 atom stereocenters. The average Bonchev–Trinajstić information content (AvgIpc) is 3.16. The van der Waals surface area contributed by atoms with Gasteiger partial charge < -0.3 is 4.74 Å². The summed E-state index contributed by atoms with van der Waals surface area (Å²) in [6.45, 7) is 0.384. The van der Waals surface area contributed by atoms with Crippen LogP contribution in [0.4, 0.5) is 11.4 Å². The summed E-state index contributed by atoms with van der Waals surface area (Å²) in [4.78, 5) is 25.8. The molecular weight excluding hydrogens is 480 g/mol. The van der Waals surface area contributed by atoms with Crippen molar-refractivity contribution in [2.24, 2.45) is 0 Å². The van der Waals surface area contributed by atoms with Gasteiger partial charge in [-0.05, 0) is 34.5 Å². The van der Waals surface area contributed by atoms with Gasteiger partial charge in [-0.2, -0.15) is 0 Å². The maximum absolute atomic E-state index is 13.4. The molecule has 0 unspecified atom stereocenters. The standard InChI is InChI=1S/C27H18N2O4S2/c30-26-25(35-27(34)28(26)20-10-6-11-21(15-20)29(31)32)16-23-22-12-5-4-9-19(22)13-14-24(23)33-17-18-7-2-1-3-8-18/h1-16H,17H2/b25-16-. The van der Waals surface area contributed by atoms with Crippen LogP contribution in [-0.4, -0.2) is 15.2 Å². The van der Waals surface area contributed by atoms with Crippen molar-refractivity contribution in [2.75, 3.05) is 4.90 Å². The van der Waals surface area contributed by atoms with E-state index in [4.69, 9.17) is 17.0 Å². The highest BCUT2D eigenvalue weighted by molar-refractivity contribution is 8.27. The van der Waals surface area contributed by atoms with Gasteiger partial charge in [-0.25, -0.2) is 0 Å². The van der Waals surface area contributed by atoms with E-state index in [0.717, 1.165) is 33.7 Å². The number of carbonyl (C=O) groups is 1. The minimum Gasteiger partial charge on any atom is -0.488 e. The molecule has 4 aromatic carbocycles. The number of ether oxygens (including phenoxy) is 1. The molecule has 0 N–H and O–H groups in total. The van der Waals surface area contributed by atoms with Crippen molar-refractivity contribution in [3.63, 3.8) is 0 Å². The van der Waals surface area contributed by atoms with Crippen molar-refractivity contribution in [1.29, 1.82) is 0 Å². The second kappa shape index (κ2) is 9.69. The van der Waals surface area contributed by atoms with Crippen LogP contribution in [0, 0.1) is 10.1 Å². The largest absolute Gasteiger partial charge is 0.488 e. The normalized spacial score (nSPS) is 14.6. The highest BCUT2D eigenvalue weighted by Crippen LogP contribution is 2.39. The third-order valence-corrected chi connectivity index (χ3v) is 6.84. The number of amides is 1. The van der Waals surface area contributed by atoms with E-state index in [1.165, 1.54) is 23.1 Å². The van der Waals surface area contributed by atoms with E-state index in [1.807, 2.05) is 66.7 Å². The molecule has 8 heteroatoms. The number of nitro benzene ring substituents is 1. The Labute approximate surface area is 211 Å². The summed E-state index contributed by atoms with van der Waals surface area (Å²) >= 11 is 6.63. The van der Waals surface area contributed by atoms with Gasteiger partial charge in [0.1, 0.15) is 12.4 Å². The van der Waals surface area contributed by atoms with Crippen molar-refractivity contribution in [1.82, 2.24) is 0 Å². The molecule has 1 saturated heterocycles. The van der Waals surface area contributed by atoms with Gasteiger partial charge in [0, 0.05) is 17.7 Å². The summed E-state index contributed by atoms with van der Waals surface area (Å²) in [5.41, 5.74) is 2.07. The molecule has 5 rings (SSSR count). The number of nitro groups is 1. The molecule has 0 aliphatic carbocycles. The Hall–Kier alpha value is -4.01. The lowest BCUT2D eigenvalue weighted by molar-refractivity contribution is -0.384. The van der Waals surface area contributed by atoms with Crippen molar-refractivity contribution < 1.29 is 14.5 Å². The quantitative estimate of drug-likeness (QED) is 0.127. The first kappa shape index (κ1) is 22.8. The number of benzene rings is 4. The second-order valence-electron chi connectivity index (χ2n) is 7.77. The number of hydrogen-bond donors (Lipinski definition) is 0. The highest BCUT2D eigenvalue weighted by Gasteiger charge is 2.34. The predicted molar refractivity (Wildman–Crippen MR) is 143 cm³/mol. The van der Waals surface area contributed by atoms with Crippen LogP contribution in [0.3, 0.4) is 0 Å². The topological polar surface area (TPSA) is 72.7 Å². The lowest BCUT2D eigenvalue weighted by atomic mass is 10.0. The fourth-order valence-corrected chi connectivity index (χ4v) is 5.13. The molecule has 1 aliphatic rings. The molecule has 6 nitrogen and oxygen atoms in total. The second-order valence-corrected chi connectivity index (χ2v) is 9.44. The van der Waals surface area contributed by atoms with E-state index in [0.29, 0.717) is 27.3 Å². The van der Waals surface area contributed by atoms with Gasteiger partial charge in [-0.1, -0.05) is 90.7 Å². The van der Waals surface area contributed by atoms with Crippen LogP contribution in [0.25, 0.3) is 16.8 Å². The van der Waals surface area contributed by atoms with Crippen LogP contribution in [0.5, 0.6) is 5.75 Å². The average molecular weight is 499 g/mol. The summed E-state index contributed by atoms with van der Waals surface area (Å²) in [7, 11) is 0. The number of fused-ring (bicyclic) bond motifs is 1. The van der Waals surface area contributed by atoms with Crippen molar-refractivity contribution in [3.8, 4) is 5.75 Å². The van der Waals surface area contributed by atoms with Crippen LogP contribution in [0.1, 0.15) is 11.1 Å². The summed E-state index contributed by atoms with van der Waals surface area (Å²) in [5.74, 6) is 0.315. The van der Waals surface area contributed by atoms with Crippen LogP contribution < -0.4 is 9.64 Å². The van der Waals surface area contributed by atoms with Gasteiger partial charge in [0.15, 0.2) is 4.32 Å². The molecule has 0 spiro atoms. The lowest BCUT2D eigenvalue weighted by Gasteiger charge is -2.14. The first-order chi connectivity index (χ1) is 17.0. The minimum absolute atomic E-state index is 0.105. The third-order valence-electron chi connectivity index (χ3n) is 5.54. The summed E-state index contributed by atoms with van der Waals surface area (Å²) in [6, 6.07) is 27.5. The molecule has 35 heavy (non-hydrogen) atoms. The first-order valence-corrected chi connectivity index (χ1v) is 11.9. The Kier molecular flexibility index (Phi) is 6.31. The van der Waals surface area contributed by atoms with Crippen LogP contribution in [-0.2, 0) is 11.4 Å². The molecular formula is C27H18N2O4S2. The fourth-order valence-electron chi connectivity index (χ4n) is 3.85. The number of anilines is 1. The molecule has 1 aliphatic heterocycles. The molecule has 0 aromatic heterocycles. The molecule has 0 bridgehead atoms. The van der Waals surface area contributed by atoms with Gasteiger partial charge in [-0.15, -0.1) is 0 Å². The molecule has 0 saturated carbocycles. The zero-order chi connectivity index (χ0) is 24.4. The Morgan fingerprint density at radius 3 is 2.54 bits per heavy atom. The zero-order valence-corrected chi connectivity index (χ0v) is 19.9. The number of hydrogen-bond acceptors (Lipinski definition) is 6. The maximum Gasteiger partial charge on any atom is 0.271 e. The number of nitrogens with zero attached hydrogens (tertiary/aromatic N) is 2. The SMILES string of the molecule is O=C1/C(=C/c2c(OCc3ccccc3)ccc3ccccc23)SC(=S)N1c1cccc([N+](=O)[O-])c1. The predicted octanol–water partition coefficient (Wildman–Crippen LogP) is 6.73. The number of thiocarbonyl (C=S) groups is 1. The monoisotopic (exact) mass is 498 g/mol. The molecule has 1 heterocycles. The summed E-state index contributed by atoms with van der Waals surface area (Å²) in [5, 5.41) is 13.2. The molecule has 1 fully saturated rings. The van der Waals surface area contributed by atoms with E-state index >= 15 is 0 Å². The van der Waals surface area contributed by atoms with E-state index in [1.54, 1.807) is 12.1 Å². The molecule has 172 valence electrons. The van der Waals surface area contributed by atoms with Crippen molar-refractivity contribution >= 4 is 62.4 Å². The molecule has 1 amide bonds. The van der Waals surface area contributed by atoms with Crippen LogP contribution in [0.15, 0.2) is 95.9 Å². The fraction of sp³-hybridized carbons (Fsp3) is 0.0370. The third kappa shape index (κ3) is 4.66. The number of rotatable bonds is 6. The van der Waals surface area contributed by atoms with E-state index < -0.39 is 4.92 Å². The minimum atomic E-state index is -0.497. The zero-order valence-electron chi connectivity index (χ0n) is 18.3. The molecule has 0 radical (unpaired) electrons. The van der Waals surface area contributed by atoms with Gasteiger partial charge in [0.25, 0.3) is 11.6 Å². The van der Waals surface area contributed by atoms with Crippen molar-refractivity contribution in [3.05, 3.63) is 117 Å². The van der Waals surface area contributed by atoms with Crippen LogP contribution >= 0.6 is 24.0 Å². The Morgan fingerprint density at radius 1 is 0.971 bits per heavy atom. The van der Waals surface area contributed by atoms with Gasteiger partial charge in [-0.3, -0.25) is 19.8 Å². The van der Waals surface area contributed by atoms with Gasteiger partial charge >= 0.3 is 0 Å². The lowest BCUT2D eigenvalue weighted by Crippen LogP contribution is -2.27. The first-order valence-electron chi connectivity index (χ1n) is 10.7. The summed E-state index contributed by atoms with van der Waals surface area (Å²) < 4.78 is 6.48. The van der Waals surface area contributed by atoms with Gasteiger partial charge in [0.2, 0.25) is 0 Å². The maximum atomic E-state index is 13.4. The van der Waals surface area contributed by atoms with E-state index in [2.05, 4.69) is 0 Å². The Bertz CT molecular complexity index is 1500. The Morgan fingerprint density at radius 2 is 1.74 bits per heavy atom. The number of non-ortho nitro benzene ring substituents is 1. The summed E-state index contributed by atoms with van der Waals surface area (Å²) in [6.07, 6.45) is 1.79. The Balaban J connectivity index is 1.53. The smallest absolute Gasteiger partial charge is 0.271 e. The van der Waals surface area contributed by atoms with E-state index in [9.17, 15) is 14.9 Å². The number of carbonyl (C=O) groups excluding carboxylic acids is 1. The highest BCUT2D eigenvalue weighted by atomic mass is 32.2. The van der Waals surface area contributed by atoms with Gasteiger partial charge in [0.05, 0.1) is 15.5 Å². The van der Waals surface area contributed by atoms with Crippen molar-refractivity contribution in [2.45, 2.75) is 6.61 Å². The number of thioether (sulfide) groups is 1. The van der Waals surface area contributed by atoms with Crippen LogP contribution in [0.2, 0.25) is 0 Å².